The van der Waals surface area contributed by atoms with E-state index in [1.54, 1.807) is 12.1 Å². The van der Waals surface area contributed by atoms with Crippen LogP contribution in [0.1, 0.15) is 53.6 Å². The molecule has 2 aromatic carbocycles. The average molecular weight is 459 g/mol. The number of amides is 1. The number of hydrogen-bond donors (Lipinski definition) is 1. The summed E-state index contributed by atoms with van der Waals surface area (Å²) < 4.78 is 33.1. The zero-order valence-electron chi connectivity index (χ0n) is 19.9. The van der Waals surface area contributed by atoms with E-state index in [1.165, 1.54) is 22.5 Å². The SMILES string of the molecule is COc1ccc(C)cc1S(=O)(=O)N1CCC(C(=O)N[C@@H](C)c2cc(C)c(C)cc2C)CC1. The van der Waals surface area contributed by atoms with E-state index in [0.29, 0.717) is 31.7 Å². The van der Waals surface area contributed by atoms with Crippen molar-refractivity contribution in [1.82, 2.24) is 9.62 Å². The van der Waals surface area contributed by atoms with Gasteiger partial charge in [0, 0.05) is 19.0 Å². The number of nitrogens with zero attached hydrogens (tertiary/aromatic N) is 1. The summed E-state index contributed by atoms with van der Waals surface area (Å²) in [6.07, 6.45) is 0.996. The van der Waals surface area contributed by atoms with Crippen LogP contribution in [0.15, 0.2) is 35.2 Å². The van der Waals surface area contributed by atoms with E-state index in [2.05, 4.69) is 38.2 Å². The summed E-state index contributed by atoms with van der Waals surface area (Å²) in [4.78, 5) is 13.1. The molecule has 1 amide bonds. The second kappa shape index (κ2) is 9.63. The molecule has 0 radical (unpaired) electrons. The molecule has 0 bridgehead atoms. The fraction of sp³-hybridized carbons (Fsp3) is 0.480. The molecule has 1 saturated heterocycles. The monoisotopic (exact) mass is 458 g/mol. The predicted molar refractivity (Wildman–Crippen MR) is 126 cm³/mol. The maximum absolute atomic E-state index is 13.2. The highest BCUT2D eigenvalue weighted by Crippen LogP contribution is 2.31. The molecular formula is C25H34N2O4S. The molecule has 6 nitrogen and oxygen atoms in total. The van der Waals surface area contributed by atoms with Crippen molar-refractivity contribution in [1.29, 1.82) is 0 Å². The lowest BCUT2D eigenvalue weighted by atomic mass is 9.94. The van der Waals surface area contributed by atoms with E-state index in [9.17, 15) is 13.2 Å². The fourth-order valence-corrected chi connectivity index (χ4v) is 6.05. The molecule has 0 spiro atoms. The van der Waals surface area contributed by atoms with Crippen molar-refractivity contribution in [3.8, 4) is 5.75 Å². The minimum absolute atomic E-state index is 0.0136. The summed E-state index contributed by atoms with van der Waals surface area (Å²) in [6, 6.07) is 9.34. The van der Waals surface area contributed by atoms with Crippen LogP contribution in [0.3, 0.4) is 0 Å². The third-order valence-electron chi connectivity index (χ3n) is 6.47. The maximum Gasteiger partial charge on any atom is 0.246 e. The number of benzene rings is 2. The lowest BCUT2D eigenvalue weighted by Gasteiger charge is -2.31. The predicted octanol–water partition coefficient (Wildman–Crippen LogP) is 4.21. The highest BCUT2D eigenvalue weighted by atomic mass is 32.2. The molecule has 2 aromatic rings. The topological polar surface area (TPSA) is 75.7 Å². The summed E-state index contributed by atoms with van der Waals surface area (Å²) in [7, 11) is -2.21. The Morgan fingerprint density at radius 3 is 2.28 bits per heavy atom. The molecule has 0 unspecified atom stereocenters. The van der Waals surface area contributed by atoms with Crippen LogP contribution < -0.4 is 10.1 Å². The van der Waals surface area contributed by atoms with Crippen LogP contribution in [0.25, 0.3) is 0 Å². The molecule has 32 heavy (non-hydrogen) atoms. The Morgan fingerprint density at radius 1 is 1.03 bits per heavy atom. The van der Waals surface area contributed by atoms with Crippen molar-refractivity contribution in [3.63, 3.8) is 0 Å². The Labute approximate surface area is 192 Å². The Bertz CT molecular complexity index is 1100. The Kier molecular flexibility index (Phi) is 7.30. The van der Waals surface area contributed by atoms with Gasteiger partial charge in [0.25, 0.3) is 0 Å². The number of nitrogens with one attached hydrogen (secondary N) is 1. The van der Waals surface area contributed by atoms with Crippen LogP contribution in [-0.4, -0.2) is 38.8 Å². The van der Waals surface area contributed by atoms with Gasteiger partial charge in [-0.2, -0.15) is 4.31 Å². The first-order valence-corrected chi connectivity index (χ1v) is 12.5. The van der Waals surface area contributed by atoms with E-state index in [1.807, 2.05) is 19.9 Å². The first kappa shape index (κ1) is 24.3. The number of carbonyl (C=O) groups is 1. The smallest absolute Gasteiger partial charge is 0.246 e. The highest BCUT2D eigenvalue weighted by molar-refractivity contribution is 7.89. The van der Waals surface area contributed by atoms with Crippen molar-refractivity contribution in [2.75, 3.05) is 20.2 Å². The van der Waals surface area contributed by atoms with E-state index in [0.717, 1.165) is 16.7 Å². The van der Waals surface area contributed by atoms with Crippen molar-refractivity contribution in [2.45, 2.75) is 58.4 Å². The van der Waals surface area contributed by atoms with Gasteiger partial charge in [-0.05, 0) is 87.4 Å². The summed E-state index contributed by atoms with van der Waals surface area (Å²) >= 11 is 0. The third kappa shape index (κ3) is 4.99. The molecule has 0 aliphatic carbocycles. The molecule has 1 N–H and O–H groups in total. The molecule has 3 rings (SSSR count). The summed E-state index contributed by atoms with van der Waals surface area (Å²) in [5.41, 5.74) is 5.58. The Hall–Kier alpha value is -2.38. The van der Waals surface area contributed by atoms with Crippen LogP contribution in [0.2, 0.25) is 0 Å². The van der Waals surface area contributed by atoms with Gasteiger partial charge >= 0.3 is 0 Å². The number of sulfonamides is 1. The van der Waals surface area contributed by atoms with E-state index in [4.69, 9.17) is 4.74 Å². The standard InChI is InChI=1S/C25H34N2O4S/c1-16-7-8-23(31-6)24(13-16)32(29,30)27-11-9-21(10-12-27)25(28)26-20(5)22-15-18(3)17(2)14-19(22)4/h7-8,13-15,20-21H,9-12H2,1-6H3,(H,26,28)/t20-/m0/s1. The first-order chi connectivity index (χ1) is 15.0. The summed E-state index contributed by atoms with van der Waals surface area (Å²) in [5, 5.41) is 3.14. The highest BCUT2D eigenvalue weighted by Gasteiger charge is 2.34. The first-order valence-electron chi connectivity index (χ1n) is 11.1. The molecule has 1 fully saturated rings. The van der Waals surface area contributed by atoms with Crippen molar-refractivity contribution < 1.29 is 17.9 Å². The third-order valence-corrected chi connectivity index (χ3v) is 8.39. The normalized spacial score (nSPS) is 16.6. The van der Waals surface area contributed by atoms with Gasteiger partial charge in [0.2, 0.25) is 15.9 Å². The van der Waals surface area contributed by atoms with Gasteiger partial charge in [-0.25, -0.2) is 8.42 Å². The number of hydrogen-bond acceptors (Lipinski definition) is 4. The largest absolute Gasteiger partial charge is 0.495 e. The van der Waals surface area contributed by atoms with E-state index in [-0.39, 0.29) is 22.8 Å². The number of carbonyl (C=O) groups excluding carboxylic acids is 1. The maximum atomic E-state index is 13.2. The van der Waals surface area contributed by atoms with Crippen LogP contribution in [-0.2, 0) is 14.8 Å². The molecule has 0 aromatic heterocycles. The van der Waals surface area contributed by atoms with Crippen molar-refractivity contribution >= 4 is 15.9 Å². The number of ether oxygens (including phenoxy) is 1. The molecule has 174 valence electrons. The van der Waals surface area contributed by atoms with Gasteiger partial charge in [-0.3, -0.25) is 4.79 Å². The Morgan fingerprint density at radius 2 is 1.66 bits per heavy atom. The van der Waals surface area contributed by atoms with Gasteiger partial charge in [-0.15, -0.1) is 0 Å². The van der Waals surface area contributed by atoms with Gasteiger partial charge in [0.05, 0.1) is 13.2 Å². The van der Waals surface area contributed by atoms with E-state index >= 15 is 0 Å². The van der Waals surface area contributed by atoms with Gasteiger partial charge in [0.1, 0.15) is 10.6 Å². The fourth-order valence-electron chi connectivity index (χ4n) is 4.34. The van der Waals surface area contributed by atoms with Crippen LogP contribution in [0, 0.1) is 33.6 Å². The van der Waals surface area contributed by atoms with Crippen LogP contribution in [0.4, 0.5) is 0 Å². The molecule has 1 aliphatic heterocycles. The molecule has 1 aliphatic rings. The van der Waals surface area contributed by atoms with Gasteiger partial charge < -0.3 is 10.1 Å². The van der Waals surface area contributed by atoms with Crippen molar-refractivity contribution in [2.24, 2.45) is 5.92 Å². The lowest BCUT2D eigenvalue weighted by molar-refractivity contribution is -0.126. The average Bonchev–Trinajstić information content (AvgIpc) is 2.76. The number of rotatable bonds is 6. The van der Waals surface area contributed by atoms with Gasteiger partial charge in [0.15, 0.2) is 0 Å². The second-order valence-electron chi connectivity index (χ2n) is 8.86. The minimum Gasteiger partial charge on any atom is -0.495 e. The molecule has 0 saturated carbocycles. The van der Waals surface area contributed by atoms with Gasteiger partial charge in [-0.1, -0.05) is 18.2 Å². The van der Waals surface area contributed by atoms with Crippen LogP contribution >= 0.6 is 0 Å². The van der Waals surface area contributed by atoms with Crippen LogP contribution in [0.5, 0.6) is 5.75 Å². The quantitative estimate of drug-likeness (QED) is 0.704. The molecular weight excluding hydrogens is 424 g/mol. The summed E-state index contributed by atoms with van der Waals surface area (Å²) in [5.74, 6) is 0.128. The van der Waals surface area contributed by atoms with E-state index < -0.39 is 10.0 Å². The molecule has 7 heteroatoms. The zero-order valence-corrected chi connectivity index (χ0v) is 20.7. The Balaban J connectivity index is 1.66. The molecule has 1 heterocycles. The number of piperidine rings is 1. The number of methoxy groups -OCH3 is 1. The summed E-state index contributed by atoms with van der Waals surface area (Å²) in [6.45, 7) is 10.7. The molecule has 1 atom stereocenters. The minimum atomic E-state index is -3.68. The van der Waals surface area contributed by atoms with Crippen molar-refractivity contribution in [3.05, 3.63) is 58.1 Å². The lowest BCUT2D eigenvalue weighted by Crippen LogP contribution is -2.43. The number of aryl methyl sites for hydroxylation is 4. The zero-order chi connectivity index (χ0) is 23.6. The second-order valence-corrected chi connectivity index (χ2v) is 10.8.